The largest absolute Gasteiger partial charge is 0.316 e. The van der Waals surface area contributed by atoms with Crippen LogP contribution < -0.4 is 5.48 Å². The zero-order valence-corrected chi connectivity index (χ0v) is 8.22. The van der Waals surface area contributed by atoms with Crippen LogP contribution in [0.4, 0.5) is 0 Å². The minimum Gasteiger partial charge on any atom is -0.316 e. The molecular weight excluding hydrogens is 152 g/mol. The van der Waals surface area contributed by atoms with E-state index in [9.17, 15) is 0 Å². The summed E-state index contributed by atoms with van der Waals surface area (Å²) in [4.78, 5) is 0. The molecule has 0 radical (unpaired) electrons. The van der Waals surface area contributed by atoms with E-state index in [1.54, 1.807) is 0 Å². The zero-order valence-electron chi connectivity index (χ0n) is 8.22. The van der Waals surface area contributed by atoms with Crippen LogP contribution in [0.1, 0.15) is 40.0 Å². The number of hydrogen-bond donors (Lipinski definition) is 3. The van der Waals surface area contributed by atoms with Crippen LogP contribution in [0.3, 0.4) is 0 Å². The second-order valence-corrected chi connectivity index (χ2v) is 3.53. The van der Waals surface area contributed by atoms with E-state index >= 15 is 0 Å². The van der Waals surface area contributed by atoms with Crippen molar-refractivity contribution in [3.05, 3.63) is 0 Å². The molecule has 2 atom stereocenters. The Bertz CT molecular complexity index is 138. The smallest absolute Gasteiger partial charge is 0.0717 e. The summed E-state index contributed by atoms with van der Waals surface area (Å²) in [5.41, 5.74) is 2.19. The van der Waals surface area contributed by atoms with Crippen LogP contribution in [0.5, 0.6) is 0 Å². The Labute approximate surface area is 74.6 Å². The van der Waals surface area contributed by atoms with Gasteiger partial charge in [-0.15, -0.1) is 0 Å². The third-order valence-corrected chi connectivity index (χ3v) is 2.69. The molecule has 0 aliphatic heterocycles. The molecule has 0 amide bonds. The Hall–Kier alpha value is -0.410. The number of hydrogen-bond acceptors (Lipinski definition) is 3. The van der Waals surface area contributed by atoms with Crippen molar-refractivity contribution >= 4 is 6.21 Å². The predicted octanol–water partition coefficient (Wildman–Crippen LogP) is 2.20. The van der Waals surface area contributed by atoms with Gasteiger partial charge in [-0.05, 0) is 18.3 Å². The first-order valence-corrected chi connectivity index (χ1v) is 4.54. The topological polar surface area (TPSA) is 56.1 Å². The maximum atomic E-state index is 8.82. The van der Waals surface area contributed by atoms with Crippen molar-refractivity contribution in [1.29, 1.82) is 5.41 Å². The fraction of sp³-hybridized carbons (Fsp3) is 0.889. The maximum Gasteiger partial charge on any atom is 0.0717 e. The minimum atomic E-state index is -0.220. The van der Waals surface area contributed by atoms with Crippen LogP contribution in [0, 0.1) is 10.8 Å². The Morgan fingerprint density at radius 1 is 1.58 bits per heavy atom. The van der Waals surface area contributed by atoms with Crippen LogP contribution in [-0.2, 0) is 0 Å². The fourth-order valence-corrected chi connectivity index (χ4v) is 1.52. The van der Waals surface area contributed by atoms with Crippen molar-refractivity contribution in [2.75, 3.05) is 0 Å². The second kappa shape index (κ2) is 5.27. The summed E-state index contributed by atoms with van der Waals surface area (Å²) in [5, 5.41) is 16.0. The van der Waals surface area contributed by atoms with Crippen molar-refractivity contribution in [2.45, 2.75) is 46.1 Å². The third-order valence-electron chi connectivity index (χ3n) is 2.69. The molecule has 2 unspecified atom stereocenters. The molecule has 0 fully saturated rings. The highest BCUT2D eigenvalue weighted by atomic mass is 16.5. The highest BCUT2D eigenvalue weighted by Crippen LogP contribution is 2.30. The van der Waals surface area contributed by atoms with Gasteiger partial charge in [-0.3, -0.25) is 0 Å². The lowest BCUT2D eigenvalue weighted by Crippen LogP contribution is -2.42. The van der Waals surface area contributed by atoms with Crippen molar-refractivity contribution in [3.8, 4) is 0 Å². The van der Waals surface area contributed by atoms with Gasteiger partial charge in [-0.1, -0.05) is 27.2 Å². The van der Waals surface area contributed by atoms with Crippen LogP contribution in [-0.4, -0.2) is 17.5 Å². The molecule has 72 valence electrons. The monoisotopic (exact) mass is 172 g/mol. The summed E-state index contributed by atoms with van der Waals surface area (Å²) in [5.74, 6) is 0. The van der Waals surface area contributed by atoms with Crippen molar-refractivity contribution in [3.63, 3.8) is 0 Å². The van der Waals surface area contributed by atoms with Gasteiger partial charge in [0.05, 0.1) is 6.04 Å². The van der Waals surface area contributed by atoms with Crippen LogP contribution in [0.15, 0.2) is 0 Å². The highest BCUT2D eigenvalue weighted by Gasteiger charge is 2.29. The van der Waals surface area contributed by atoms with Gasteiger partial charge in [0.2, 0.25) is 0 Å². The highest BCUT2D eigenvalue weighted by molar-refractivity contribution is 5.61. The lowest BCUT2D eigenvalue weighted by atomic mass is 9.77. The molecule has 3 heteroatoms. The Balaban J connectivity index is 4.34. The SMILES string of the molecule is CCCC(C)(CC)C(C=N)NO. The van der Waals surface area contributed by atoms with Crippen molar-refractivity contribution in [2.24, 2.45) is 5.41 Å². The summed E-state index contributed by atoms with van der Waals surface area (Å²) in [7, 11) is 0. The van der Waals surface area contributed by atoms with Crippen LogP contribution in [0.25, 0.3) is 0 Å². The minimum absolute atomic E-state index is 0.00521. The van der Waals surface area contributed by atoms with Gasteiger partial charge in [0, 0.05) is 6.21 Å². The van der Waals surface area contributed by atoms with Gasteiger partial charge in [0.1, 0.15) is 0 Å². The lowest BCUT2D eigenvalue weighted by Gasteiger charge is -2.33. The number of nitrogens with one attached hydrogen (secondary N) is 2. The summed E-state index contributed by atoms with van der Waals surface area (Å²) in [6.45, 7) is 6.30. The van der Waals surface area contributed by atoms with Gasteiger partial charge in [-0.25, -0.2) is 0 Å². The van der Waals surface area contributed by atoms with E-state index in [2.05, 4.69) is 26.3 Å². The van der Waals surface area contributed by atoms with E-state index in [0.29, 0.717) is 0 Å². The van der Waals surface area contributed by atoms with E-state index in [-0.39, 0.29) is 11.5 Å². The van der Waals surface area contributed by atoms with Gasteiger partial charge >= 0.3 is 0 Å². The first-order valence-electron chi connectivity index (χ1n) is 4.54. The number of hydroxylamine groups is 1. The third kappa shape index (κ3) is 2.57. The molecule has 0 aromatic carbocycles. The molecule has 0 spiro atoms. The molecule has 0 aromatic heterocycles. The van der Waals surface area contributed by atoms with Gasteiger partial charge in [-0.2, -0.15) is 5.48 Å². The van der Waals surface area contributed by atoms with E-state index < -0.39 is 0 Å². The van der Waals surface area contributed by atoms with Crippen LogP contribution in [0.2, 0.25) is 0 Å². The lowest BCUT2D eigenvalue weighted by molar-refractivity contribution is 0.0829. The second-order valence-electron chi connectivity index (χ2n) is 3.53. The Morgan fingerprint density at radius 3 is 2.42 bits per heavy atom. The molecule has 0 heterocycles. The van der Waals surface area contributed by atoms with Gasteiger partial charge < -0.3 is 10.6 Å². The molecule has 12 heavy (non-hydrogen) atoms. The summed E-state index contributed by atoms with van der Waals surface area (Å²) < 4.78 is 0. The number of rotatable bonds is 6. The van der Waals surface area contributed by atoms with E-state index in [1.165, 1.54) is 6.21 Å². The molecule has 3 N–H and O–H groups in total. The first-order chi connectivity index (χ1) is 5.64. The molecule has 0 aliphatic carbocycles. The van der Waals surface area contributed by atoms with E-state index in [4.69, 9.17) is 10.6 Å². The maximum absolute atomic E-state index is 8.82. The zero-order chi connectivity index (χ0) is 9.61. The molecule has 3 nitrogen and oxygen atoms in total. The van der Waals surface area contributed by atoms with Gasteiger partial charge in [0.15, 0.2) is 0 Å². The van der Waals surface area contributed by atoms with Crippen LogP contribution >= 0.6 is 0 Å². The Kier molecular flexibility index (Phi) is 5.09. The van der Waals surface area contributed by atoms with Crippen molar-refractivity contribution in [1.82, 2.24) is 5.48 Å². The molecule has 0 saturated heterocycles. The van der Waals surface area contributed by atoms with Gasteiger partial charge in [0.25, 0.3) is 0 Å². The summed E-state index contributed by atoms with van der Waals surface area (Å²) in [6, 6.07) is -0.220. The van der Waals surface area contributed by atoms with E-state index in [0.717, 1.165) is 19.3 Å². The standard InChI is InChI=1S/C9H20N2O/c1-4-6-9(3,5-2)8(7-10)11-12/h7-8,10-12H,4-6H2,1-3H3. The van der Waals surface area contributed by atoms with E-state index in [1.807, 2.05) is 0 Å². The quantitative estimate of drug-likeness (QED) is 0.425. The first kappa shape index (κ1) is 11.6. The molecular formula is C9H20N2O. The molecule has 0 bridgehead atoms. The molecule has 0 aromatic rings. The molecule has 0 rings (SSSR count). The van der Waals surface area contributed by atoms with Crippen molar-refractivity contribution < 1.29 is 5.21 Å². The Morgan fingerprint density at radius 2 is 2.17 bits per heavy atom. The fourth-order valence-electron chi connectivity index (χ4n) is 1.52. The predicted molar refractivity (Wildman–Crippen MR) is 50.8 cm³/mol. The summed E-state index contributed by atoms with van der Waals surface area (Å²) in [6.07, 6.45) is 4.35. The normalized spacial score (nSPS) is 18.3. The average molecular weight is 172 g/mol. The summed E-state index contributed by atoms with van der Waals surface area (Å²) >= 11 is 0. The average Bonchev–Trinajstić information content (AvgIpc) is 2.07. The molecule has 0 saturated carbocycles. The molecule has 0 aliphatic rings.